The van der Waals surface area contributed by atoms with Crippen LogP contribution in [-0.4, -0.2) is 40.9 Å². The van der Waals surface area contributed by atoms with Crippen molar-refractivity contribution in [2.45, 2.75) is 13.5 Å². The Labute approximate surface area is 148 Å². The topological polar surface area (TPSA) is 103 Å². The molecule has 0 aliphatic rings. The van der Waals surface area contributed by atoms with Gasteiger partial charge >= 0.3 is 0 Å². The minimum atomic E-state index is -0.260. The maximum Gasteiger partial charge on any atom is 0.248 e. The molecular weight excluding hydrogens is 332 g/mol. The van der Waals surface area contributed by atoms with Gasteiger partial charge in [-0.15, -0.1) is 10.2 Å². The van der Waals surface area contributed by atoms with Gasteiger partial charge in [-0.05, 0) is 18.2 Å². The number of hydrogen-bond acceptors (Lipinski definition) is 6. The number of tetrazole rings is 1. The van der Waals surface area contributed by atoms with Crippen LogP contribution in [0.4, 0.5) is 5.69 Å². The molecule has 26 heavy (non-hydrogen) atoms. The monoisotopic (exact) mass is 348 g/mol. The highest BCUT2D eigenvalue weighted by molar-refractivity contribution is 5.92. The molecule has 0 atom stereocenters. The normalized spacial score (nSPS) is 11.0. The number of nitrogens with zero attached hydrogens (tertiary/aromatic N) is 7. The number of benzene rings is 1. The summed E-state index contributed by atoms with van der Waals surface area (Å²) in [5, 5.41) is 20.2. The Morgan fingerprint density at radius 2 is 2.00 bits per heavy atom. The molecule has 0 saturated carbocycles. The Morgan fingerprint density at radius 3 is 2.81 bits per heavy atom. The molecule has 1 N–H and O–H groups in total. The highest BCUT2D eigenvalue weighted by atomic mass is 16.2. The van der Waals surface area contributed by atoms with Gasteiger partial charge in [0.05, 0.1) is 17.6 Å². The molecule has 0 fully saturated rings. The van der Waals surface area contributed by atoms with E-state index in [1.807, 2.05) is 50.4 Å². The van der Waals surface area contributed by atoms with E-state index < -0.39 is 0 Å². The zero-order chi connectivity index (χ0) is 18.1. The van der Waals surface area contributed by atoms with Crippen molar-refractivity contribution in [2.24, 2.45) is 7.05 Å². The van der Waals surface area contributed by atoms with Gasteiger partial charge in [0.2, 0.25) is 11.7 Å². The van der Waals surface area contributed by atoms with Crippen molar-refractivity contribution >= 4 is 22.6 Å². The Hall–Kier alpha value is -3.62. The van der Waals surface area contributed by atoms with Crippen LogP contribution in [0.5, 0.6) is 0 Å². The first-order valence-corrected chi connectivity index (χ1v) is 8.02. The lowest BCUT2D eigenvalue weighted by Gasteiger charge is -2.04. The van der Waals surface area contributed by atoms with Crippen LogP contribution in [0.15, 0.2) is 42.6 Å². The number of rotatable bonds is 4. The molecule has 0 saturated heterocycles. The quantitative estimate of drug-likeness (QED) is 0.600. The van der Waals surface area contributed by atoms with Crippen molar-refractivity contribution in [1.29, 1.82) is 0 Å². The number of aryl methyl sites for hydroxylation is 2. The number of fused-ring (bicyclic) bond motifs is 1. The summed E-state index contributed by atoms with van der Waals surface area (Å²) in [5.41, 5.74) is 3.07. The fraction of sp³-hybridized carbons (Fsp3) is 0.176. The fourth-order valence-corrected chi connectivity index (χ4v) is 2.72. The molecule has 3 heterocycles. The predicted molar refractivity (Wildman–Crippen MR) is 95.1 cm³/mol. The number of carbonyl (C=O) groups is 1. The fourth-order valence-electron chi connectivity index (χ4n) is 2.72. The second-order valence-corrected chi connectivity index (χ2v) is 5.86. The molecule has 0 radical (unpaired) electrons. The molecular formula is C17H16N8O. The van der Waals surface area contributed by atoms with Crippen molar-refractivity contribution in [3.63, 3.8) is 0 Å². The highest BCUT2D eigenvalue weighted by Crippen LogP contribution is 2.19. The highest BCUT2D eigenvalue weighted by Gasteiger charge is 2.11. The molecule has 9 heteroatoms. The molecule has 4 aromatic rings. The van der Waals surface area contributed by atoms with Gasteiger partial charge < -0.3 is 5.32 Å². The third kappa shape index (κ3) is 3.02. The maximum absolute atomic E-state index is 12.3. The van der Waals surface area contributed by atoms with Crippen LogP contribution in [0.1, 0.15) is 5.69 Å². The Balaban J connectivity index is 1.47. The smallest absolute Gasteiger partial charge is 0.248 e. The third-order valence-corrected chi connectivity index (χ3v) is 3.92. The third-order valence-electron chi connectivity index (χ3n) is 3.92. The lowest BCUT2D eigenvalue weighted by molar-refractivity contribution is -0.117. The molecule has 0 unspecified atom stereocenters. The summed E-state index contributed by atoms with van der Waals surface area (Å²) in [7, 11) is 1.83. The number of carbonyl (C=O) groups excluding carboxylic acids is 1. The first-order chi connectivity index (χ1) is 12.6. The molecule has 0 aliphatic heterocycles. The van der Waals surface area contributed by atoms with E-state index in [0.29, 0.717) is 11.5 Å². The summed E-state index contributed by atoms with van der Waals surface area (Å²) in [6.07, 6.45) is 1.60. The minimum Gasteiger partial charge on any atom is -0.323 e. The Bertz CT molecular complexity index is 1080. The van der Waals surface area contributed by atoms with Crippen LogP contribution in [0.3, 0.4) is 0 Å². The summed E-state index contributed by atoms with van der Waals surface area (Å²) < 4.78 is 1.71. The summed E-state index contributed by atoms with van der Waals surface area (Å²) in [6, 6.07) is 11.3. The SMILES string of the molecule is Cc1nn(C)c2ncc(NC(=O)Cn3nnc(-c4ccccc4)n3)cc12. The van der Waals surface area contributed by atoms with E-state index in [1.165, 1.54) is 4.80 Å². The van der Waals surface area contributed by atoms with E-state index in [2.05, 4.69) is 30.8 Å². The van der Waals surface area contributed by atoms with Crippen LogP contribution in [0.25, 0.3) is 22.4 Å². The number of hydrogen-bond donors (Lipinski definition) is 1. The van der Waals surface area contributed by atoms with E-state index in [-0.39, 0.29) is 12.5 Å². The summed E-state index contributed by atoms with van der Waals surface area (Å²) in [6.45, 7) is 1.87. The largest absolute Gasteiger partial charge is 0.323 e. The Kier molecular flexibility index (Phi) is 3.88. The maximum atomic E-state index is 12.3. The number of amides is 1. The van der Waals surface area contributed by atoms with Gasteiger partial charge in [0, 0.05) is 18.0 Å². The van der Waals surface area contributed by atoms with Gasteiger partial charge in [0.25, 0.3) is 0 Å². The van der Waals surface area contributed by atoms with Crippen LogP contribution in [-0.2, 0) is 18.4 Å². The van der Waals surface area contributed by atoms with Crippen LogP contribution < -0.4 is 5.32 Å². The van der Waals surface area contributed by atoms with Crippen LogP contribution in [0, 0.1) is 6.92 Å². The molecule has 130 valence electrons. The number of nitrogens with one attached hydrogen (secondary N) is 1. The predicted octanol–water partition coefficient (Wildman–Crippen LogP) is 1.57. The molecule has 3 aromatic heterocycles. The van der Waals surface area contributed by atoms with E-state index in [9.17, 15) is 4.79 Å². The lowest BCUT2D eigenvalue weighted by atomic mass is 10.2. The van der Waals surface area contributed by atoms with Crippen LogP contribution in [0.2, 0.25) is 0 Å². The molecule has 0 spiro atoms. The van der Waals surface area contributed by atoms with Crippen molar-refractivity contribution in [2.75, 3.05) is 5.32 Å². The van der Waals surface area contributed by atoms with E-state index in [4.69, 9.17) is 0 Å². The van der Waals surface area contributed by atoms with Crippen molar-refractivity contribution in [3.8, 4) is 11.4 Å². The summed E-state index contributed by atoms with van der Waals surface area (Å²) in [4.78, 5) is 17.9. The first-order valence-electron chi connectivity index (χ1n) is 8.02. The molecule has 4 rings (SSSR count). The standard InChI is InChI=1S/C17H16N8O/c1-11-14-8-13(9-18-17(14)24(2)21-11)19-15(26)10-25-22-16(20-23-25)12-6-4-3-5-7-12/h3-9H,10H2,1-2H3,(H,19,26). The zero-order valence-electron chi connectivity index (χ0n) is 14.3. The number of pyridine rings is 1. The van der Waals surface area contributed by atoms with Gasteiger partial charge in [0.1, 0.15) is 6.54 Å². The Morgan fingerprint density at radius 1 is 1.19 bits per heavy atom. The van der Waals surface area contributed by atoms with Gasteiger partial charge in [0.15, 0.2) is 5.65 Å². The van der Waals surface area contributed by atoms with Gasteiger partial charge in [-0.2, -0.15) is 9.90 Å². The summed E-state index contributed by atoms with van der Waals surface area (Å²) in [5.74, 6) is 0.220. The van der Waals surface area contributed by atoms with Gasteiger partial charge in [-0.3, -0.25) is 9.48 Å². The van der Waals surface area contributed by atoms with Crippen molar-refractivity contribution in [3.05, 3.63) is 48.3 Å². The minimum absolute atomic E-state index is 0.0378. The van der Waals surface area contributed by atoms with Gasteiger partial charge in [-0.25, -0.2) is 4.98 Å². The van der Waals surface area contributed by atoms with Crippen LogP contribution >= 0.6 is 0 Å². The lowest BCUT2D eigenvalue weighted by Crippen LogP contribution is -2.20. The summed E-state index contributed by atoms with van der Waals surface area (Å²) >= 11 is 0. The molecule has 0 bridgehead atoms. The van der Waals surface area contributed by atoms with E-state index in [0.717, 1.165) is 22.3 Å². The molecule has 1 amide bonds. The number of aromatic nitrogens is 7. The zero-order valence-corrected chi connectivity index (χ0v) is 14.3. The van der Waals surface area contributed by atoms with Gasteiger partial charge in [-0.1, -0.05) is 30.3 Å². The number of anilines is 1. The molecule has 0 aliphatic carbocycles. The molecule has 9 nitrogen and oxygen atoms in total. The average molecular weight is 348 g/mol. The van der Waals surface area contributed by atoms with E-state index >= 15 is 0 Å². The average Bonchev–Trinajstić information content (AvgIpc) is 3.20. The first kappa shape index (κ1) is 15.9. The second-order valence-electron chi connectivity index (χ2n) is 5.86. The van der Waals surface area contributed by atoms with Crippen molar-refractivity contribution in [1.82, 2.24) is 35.0 Å². The molecule has 1 aromatic carbocycles. The van der Waals surface area contributed by atoms with Crippen molar-refractivity contribution < 1.29 is 4.79 Å². The second kappa shape index (κ2) is 6.36. The van der Waals surface area contributed by atoms with E-state index in [1.54, 1.807) is 10.9 Å².